The van der Waals surface area contributed by atoms with Crippen molar-refractivity contribution in [3.63, 3.8) is 0 Å². The molecule has 0 fully saturated rings. The first kappa shape index (κ1) is 13.2. The van der Waals surface area contributed by atoms with Crippen LogP contribution < -0.4 is 16.4 Å². The van der Waals surface area contributed by atoms with Crippen molar-refractivity contribution in [2.75, 3.05) is 0 Å². The number of rotatable bonds is 3. The molecule has 2 aromatic rings. The second kappa shape index (κ2) is 5.32. The van der Waals surface area contributed by atoms with Crippen LogP contribution in [0.5, 0.6) is 0 Å². The predicted molar refractivity (Wildman–Crippen MR) is 81.1 cm³/mol. The van der Waals surface area contributed by atoms with Crippen LogP contribution in [-0.2, 0) is 13.6 Å². The highest BCUT2D eigenvalue weighted by molar-refractivity contribution is 5.55. The van der Waals surface area contributed by atoms with Gasteiger partial charge in [-0.1, -0.05) is 0 Å². The SMILES string of the molecule is Cc1cc(-c2nccn2CC2=CC=CNN2)cn(C)c1=O. The number of allylic oxidation sites excluding steroid dienone is 3. The molecule has 0 atom stereocenters. The van der Waals surface area contributed by atoms with Gasteiger partial charge in [-0.3, -0.25) is 4.79 Å². The Morgan fingerprint density at radius 1 is 1.38 bits per heavy atom. The van der Waals surface area contributed by atoms with E-state index in [1.165, 1.54) is 0 Å². The van der Waals surface area contributed by atoms with Crippen LogP contribution in [0, 0.1) is 6.92 Å². The summed E-state index contributed by atoms with van der Waals surface area (Å²) in [5, 5.41) is 0. The van der Waals surface area contributed by atoms with E-state index in [-0.39, 0.29) is 5.56 Å². The third kappa shape index (κ3) is 2.60. The lowest BCUT2D eigenvalue weighted by Gasteiger charge is -2.16. The van der Waals surface area contributed by atoms with Crippen molar-refractivity contribution >= 4 is 0 Å². The summed E-state index contributed by atoms with van der Waals surface area (Å²) < 4.78 is 3.63. The van der Waals surface area contributed by atoms with Crippen molar-refractivity contribution in [2.45, 2.75) is 13.5 Å². The zero-order chi connectivity index (χ0) is 14.8. The first-order valence-electron chi connectivity index (χ1n) is 6.71. The smallest absolute Gasteiger partial charge is 0.253 e. The lowest BCUT2D eigenvalue weighted by molar-refractivity contribution is 0.639. The monoisotopic (exact) mass is 283 g/mol. The molecule has 0 amide bonds. The summed E-state index contributed by atoms with van der Waals surface area (Å²) in [6, 6.07) is 1.88. The average Bonchev–Trinajstić information content (AvgIpc) is 2.93. The molecule has 0 saturated heterocycles. The summed E-state index contributed by atoms with van der Waals surface area (Å²) in [6.45, 7) is 2.49. The third-order valence-electron chi connectivity index (χ3n) is 3.39. The lowest BCUT2D eigenvalue weighted by atomic mass is 10.2. The van der Waals surface area contributed by atoms with Crippen molar-refractivity contribution in [3.05, 3.63) is 64.6 Å². The molecule has 0 saturated carbocycles. The molecule has 0 spiro atoms. The fourth-order valence-corrected chi connectivity index (χ4v) is 2.36. The van der Waals surface area contributed by atoms with E-state index in [1.807, 2.05) is 48.3 Å². The van der Waals surface area contributed by atoms with Gasteiger partial charge in [-0.25, -0.2) is 4.98 Å². The average molecular weight is 283 g/mol. The molecule has 0 aliphatic carbocycles. The maximum Gasteiger partial charge on any atom is 0.253 e. The molecule has 2 aromatic heterocycles. The van der Waals surface area contributed by atoms with Crippen molar-refractivity contribution < 1.29 is 0 Å². The largest absolute Gasteiger partial charge is 0.325 e. The zero-order valence-electron chi connectivity index (χ0n) is 12.0. The molecule has 0 unspecified atom stereocenters. The minimum atomic E-state index is 0.0165. The molecule has 21 heavy (non-hydrogen) atoms. The number of nitrogens with one attached hydrogen (secondary N) is 2. The summed E-state index contributed by atoms with van der Waals surface area (Å²) in [6.07, 6.45) is 11.3. The highest BCUT2D eigenvalue weighted by Gasteiger charge is 2.10. The van der Waals surface area contributed by atoms with Crippen LogP contribution in [0.4, 0.5) is 0 Å². The number of hydrazine groups is 1. The van der Waals surface area contributed by atoms with Crippen LogP contribution in [0.25, 0.3) is 11.4 Å². The van der Waals surface area contributed by atoms with Crippen molar-refractivity contribution in [3.8, 4) is 11.4 Å². The Labute approximate surface area is 122 Å². The number of aromatic nitrogens is 3. The molecular weight excluding hydrogens is 266 g/mol. The number of imidazole rings is 1. The second-order valence-corrected chi connectivity index (χ2v) is 5.03. The van der Waals surface area contributed by atoms with E-state index in [1.54, 1.807) is 17.8 Å². The van der Waals surface area contributed by atoms with Crippen LogP contribution in [0.1, 0.15) is 5.56 Å². The fraction of sp³-hybridized carbons (Fsp3) is 0.200. The molecule has 3 rings (SSSR count). The molecular formula is C15H17N5O. The number of hydrogen-bond acceptors (Lipinski definition) is 4. The van der Waals surface area contributed by atoms with Crippen LogP contribution in [0.2, 0.25) is 0 Å². The van der Waals surface area contributed by atoms with E-state index in [9.17, 15) is 4.79 Å². The van der Waals surface area contributed by atoms with Gasteiger partial charge in [0.1, 0.15) is 5.82 Å². The Kier molecular flexibility index (Phi) is 3.35. The minimum Gasteiger partial charge on any atom is -0.325 e. The molecule has 6 heteroatoms. The lowest BCUT2D eigenvalue weighted by Crippen LogP contribution is -2.30. The molecule has 108 valence electrons. The topological polar surface area (TPSA) is 63.9 Å². The van der Waals surface area contributed by atoms with Crippen molar-refractivity contribution in [1.29, 1.82) is 0 Å². The third-order valence-corrected chi connectivity index (χ3v) is 3.39. The predicted octanol–water partition coefficient (Wildman–Crippen LogP) is 1.06. The quantitative estimate of drug-likeness (QED) is 0.884. The van der Waals surface area contributed by atoms with Gasteiger partial charge in [0.05, 0.1) is 12.2 Å². The van der Waals surface area contributed by atoms with Crippen molar-refractivity contribution in [2.24, 2.45) is 7.05 Å². The van der Waals surface area contributed by atoms with Gasteiger partial charge in [0.2, 0.25) is 0 Å². The Balaban J connectivity index is 1.97. The molecule has 1 aliphatic rings. The highest BCUT2D eigenvalue weighted by atomic mass is 16.1. The molecule has 1 aliphatic heterocycles. The minimum absolute atomic E-state index is 0.0165. The fourth-order valence-electron chi connectivity index (χ4n) is 2.36. The maximum absolute atomic E-state index is 11.8. The number of nitrogens with zero attached hydrogens (tertiary/aromatic N) is 3. The van der Waals surface area contributed by atoms with E-state index in [4.69, 9.17) is 0 Å². The van der Waals surface area contributed by atoms with Gasteiger partial charge in [0.25, 0.3) is 5.56 Å². The van der Waals surface area contributed by atoms with Gasteiger partial charge in [-0.2, -0.15) is 0 Å². The van der Waals surface area contributed by atoms with Gasteiger partial charge < -0.3 is 20.0 Å². The Bertz CT molecular complexity index is 755. The van der Waals surface area contributed by atoms with Gasteiger partial charge >= 0.3 is 0 Å². The molecule has 6 nitrogen and oxygen atoms in total. The Morgan fingerprint density at radius 2 is 2.24 bits per heavy atom. The highest BCUT2D eigenvalue weighted by Crippen LogP contribution is 2.18. The molecule has 0 aromatic carbocycles. The first-order chi connectivity index (χ1) is 10.1. The first-order valence-corrected chi connectivity index (χ1v) is 6.71. The standard InChI is InChI=1S/C15H17N5O/c1-11-8-12(9-19(2)15(11)21)14-16-6-7-20(14)10-13-4-3-5-17-18-13/h3-9,17-18H,10H2,1-2H3. The van der Waals surface area contributed by atoms with Crippen molar-refractivity contribution in [1.82, 2.24) is 25.0 Å². The zero-order valence-corrected chi connectivity index (χ0v) is 12.0. The van der Waals surface area contributed by atoms with Crippen LogP contribution in [0.15, 0.2) is 53.5 Å². The molecule has 0 radical (unpaired) electrons. The van der Waals surface area contributed by atoms with E-state index in [0.717, 1.165) is 17.1 Å². The molecule has 3 heterocycles. The Morgan fingerprint density at radius 3 is 2.95 bits per heavy atom. The van der Waals surface area contributed by atoms with E-state index in [2.05, 4.69) is 15.8 Å². The molecule has 2 N–H and O–H groups in total. The van der Waals surface area contributed by atoms with E-state index >= 15 is 0 Å². The second-order valence-electron chi connectivity index (χ2n) is 5.03. The number of hydrogen-bond donors (Lipinski definition) is 2. The summed E-state index contributed by atoms with van der Waals surface area (Å²) in [5.41, 5.74) is 8.74. The summed E-state index contributed by atoms with van der Waals surface area (Å²) in [4.78, 5) is 16.2. The van der Waals surface area contributed by atoms with Gasteiger partial charge in [0, 0.05) is 43.0 Å². The summed E-state index contributed by atoms with van der Waals surface area (Å²) >= 11 is 0. The molecule has 0 bridgehead atoms. The van der Waals surface area contributed by atoms with E-state index < -0.39 is 0 Å². The van der Waals surface area contributed by atoms with Crippen LogP contribution in [-0.4, -0.2) is 14.1 Å². The van der Waals surface area contributed by atoms with Crippen LogP contribution >= 0.6 is 0 Å². The number of aryl methyl sites for hydroxylation is 2. The summed E-state index contributed by atoms with van der Waals surface area (Å²) in [7, 11) is 1.76. The number of pyridine rings is 1. The van der Waals surface area contributed by atoms with Gasteiger partial charge in [0.15, 0.2) is 0 Å². The van der Waals surface area contributed by atoms with Gasteiger partial charge in [-0.05, 0) is 25.1 Å². The van der Waals surface area contributed by atoms with Gasteiger partial charge in [-0.15, -0.1) is 0 Å². The van der Waals surface area contributed by atoms with Crippen LogP contribution in [0.3, 0.4) is 0 Å². The van der Waals surface area contributed by atoms with E-state index in [0.29, 0.717) is 12.1 Å². The maximum atomic E-state index is 11.8. The Hall–Kier alpha value is -2.76. The summed E-state index contributed by atoms with van der Waals surface area (Å²) in [5.74, 6) is 0.839. The normalized spacial score (nSPS) is 13.5.